The van der Waals surface area contributed by atoms with E-state index in [1.165, 1.54) is 18.6 Å². The van der Waals surface area contributed by atoms with Crippen molar-refractivity contribution in [2.45, 2.75) is 19.3 Å². The Morgan fingerprint density at radius 3 is 2.95 bits per heavy atom. The average Bonchev–Trinajstić information content (AvgIpc) is 2.87. The predicted molar refractivity (Wildman–Crippen MR) is 75.0 cm³/mol. The Labute approximate surface area is 116 Å². The van der Waals surface area contributed by atoms with Crippen LogP contribution in [0.1, 0.15) is 19.3 Å². The topological polar surface area (TPSA) is 61.0 Å². The number of carbonyl (C=O) groups excluding carboxylic acids is 1. The van der Waals surface area contributed by atoms with Crippen LogP contribution in [-0.2, 0) is 4.79 Å². The van der Waals surface area contributed by atoms with Crippen molar-refractivity contribution in [1.82, 2.24) is 14.9 Å². The smallest absolute Gasteiger partial charge is 0.241 e. The number of nitrogens with zero attached hydrogens (tertiary/aromatic N) is 2. The third kappa shape index (κ3) is 2.74. The monoisotopic (exact) mass is 276 g/mol. The van der Waals surface area contributed by atoms with Gasteiger partial charge in [0.1, 0.15) is 5.82 Å². The molecular weight excluding hydrogens is 259 g/mol. The summed E-state index contributed by atoms with van der Waals surface area (Å²) in [6, 6.07) is 4.37. The van der Waals surface area contributed by atoms with Crippen LogP contribution < -0.4 is 5.32 Å². The summed E-state index contributed by atoms with van der Waals surface area (Å²) >= 11 is 0. The number of carbonyl (C=O) groups is 1. The number of halogens is 1. The van der Waals surface area contributed by atoms with E-state index in [1.54, 1.807) is 6.07 Å². The number of hydrogen-bond donors (Lipinski definition) is 2. The summed E-state index contributed by atoms with van der Waals surface area (Å²) < 4.78 is 13.1. The molecular formula is C14H17FN4O. The molecule has 0 atom stereocenters. The maximum atomic E-state index is 13.1. The van der Waals surface area contributed by atoms with Crippen LogP contribution in [0.5, 0.6) is 0 Å². The fourth-order valence-electron chi connectivity index (χ4n) is 2.48. The zero-order valence-electron chi connectivity index (χ0n) is 11.2. The maximum absolute atomic E-state index is 13.1. The van der Waals surface area contributed by atoms with E-state index in [9.17, 15) is 9.18 Å². The van der Waals surface area contributed by atoms with E-state index in [0.717, 1.165) is 25.9 Å². The van der Waals surface area contributed by atoms with Gasteiger partial charge in [0.25, 0.3) is 0 Å². The first-order valence-corrected chi connectivity index (χ1v) is 6.89. The van der Waals surface area contributed by atoms with Crippen LogP contribution in [0.3, 0.4) is 0 Å². The van der Waals surface area contributed by atoms with Crippen molar-refractivity contribution >= 4 is 22.9 Å². The number of piperidine rings is 1. The molecule has 0 unspecified atom stereocenters. The Balaban J connectivity index is 1.63. The Morgan fingerprint density at radius 2 is 2.15 bits per heavy atom. The lowest BCUT2D eigenvalue weighted by atomic mass is 10.1. The minimum absolute atomic E-state index is 0.0799. The summed E-state index contributed by atoms with van der Waals surface area (Å²) in [7, 11) is 0. The number of amides is 1. The highest BCUT2D eigenvalue weighted by atomic mass is 19.1. The van der Waals surface area contributed by atoms with Gasteiger partial charge in [0.2, 0.25) is 11.9 Å². The fraction of sp³-hybridized carbons (Fsp3) is 0.429. The molecule has 2 N–H and O–H groups in total. The standard InChI is InChI=1S/C14H17FN4O/c15-10-4-5-11-12(8-10)18-14(17-11)16-9-13(20)19-6-2-1-3-7-19/h4-5,8H,1-3,6-7,9H2,(H2,16,17,18). The molecule has 2 heterocycles. The number of rotatable bonds is 3. The molecule has 20 heavy (non-hydrogen) atoms. The van der Waals surface area contributed by atoms with Crippen LogP contribution in [0, 0.1) is 5.82 Å². The average molecular weight is 276 g/mol. The summed E-state index contributed by atoms with van der Waals surface area (Å²) in [5, 5.41) is 2.97. The molecule has 106 valence electrons. The number of H-pyrrole nitrogens is 1. The molecule has 0 spiro atoms. The Hall–Kier alpha value is -2.11. The van der Waals surface area contributed by atoms with Crippen molar-refractivity contribution in [3.8, 4) is 0 Å². The van der Waals surface area contributed by atoms with E-state index in [1.807, 2.05) is 4.90 Å². The van der Waals surface area contributed by atoms with Gasteiger partial charge in [0.15, 0.2) is 0 Å². The molecule has 0 aliphatic carbocycles. The minimum Gasteiger partial charge on any atom is -0.347 e. The number of anilines is 1. The van der Waals surface area contributed by atoms with Gasteiger partial charge in [-0.05, 0) is 37.5 Å². The van der Waals surface area contributed by atoms with Gasteiger partial charge in [0.05, 0.1) is 17.6 Å². The lowest BCUT2D eigenvalue weighted by Crippen LogP contribution is -2.39. The number of fused-ring (bicyclic) bond motifs is 1. The van der Waals surface area contributed by atoms with E-state index < -0.39 is 0 Å². The van der Waals surface area contributed by atoms with Gasteiger partial charge in [-0.3, -0.25) is 4.79 Å². The van der Waals surface area contributed by atoms with Crippen LogP contribution in [-0.4, -0.2) is 40.4 Å². The van der Waals surface area contributed by atoms with E-state index >= 15 is 0 Å². The fourth-order valence-corrected chi connectivity index (χ4v) is 2.48. The summed E-state index contributed by atoms with van der Waals surface area (Å²) in [6.45, 7) is 1.89. The Kier molecular flexibility index (Phi) is 3.54. The molecule has 1 aliphatic rings. The SMILES string of the molecule is O=C(CNc1nc2ccc(F)cc2[nH]1)N1CCCCC1. The van der Waals surface area contributed by atoms with Gasteiger partial charge >= 0.3 is 0 Å². The maximum Gasteiger partial charge on any atom is 0.241 e. The minimum atomic E-state index is -0.308. The second kappa shape index (κ2) is 5.48. The quantitative estimate of drug-likeness (QED) is 0.902. The van der Waals surface area contributed by atoms with E-state index in [2.05, 4.69) is 15.3 Å². The van der Waals surface area contributed by atoms with Gasteiger partial charge in [-0.15, -0.1) is 0 Å². The van der Waals surface area contributed by atoms with Crippen LogP contribution in [0.2, 0.25) is 0 Å². The molecule has 1 aliphatic heterocycles. The van der Waals surface area contributed by atoms with Crippen LogP contribution in [0.15, 0.2) is 18.2 Å². The van der Waals surface area contributed by atoms with Crippen molar-refractivity contribution in [2.24, 2.45) is 0 Å². The van der Waals surface area contributed by atoms with E-state index in [-0.39, 0.29) is 18.3 Å². The van der Waals surface area contributed by atoms with Crippen molar-refractivity contribution in [3.05, 3.63) is 24.0 Å². The molecule has 0 radical (unpaired) electrons. The van der Waals surface area contributed by atoms with Crippen molar-refractivity contribution in [3.63, 3.8) is 0 Å². The summed E-state index contributed by atoms with van der Waals surface area (Å²) in [5.41, 5.74) is 1.30. The van der Waals surface area contributed by atoms with Gasteiger partial charge < -0.3 is 15.2 Å². The highest BCUT2D eigenvalue weighted by Crippen LogP contribution is 2.15. The molecule has 1 fully saturated rings. The molecule has 1 aromatic carbocycles. The van der Waals surface area contributed by atoms with Crippen LogP contribution >= 0.6 is 0 Å². The predicted octanol–water partition coefficient (Wildman–Crippen LogP) is 2.13. The second-order valence-electron chi connectivity index (χ2n) is 5.04. The van der Waals surface area contributed by atoms with Crippen molar-refractivity contribution in [1.29, 1.82) is 0 Å². The molecule has 2 aromatic rings. The van der Waals surface area contributed by atoms with Crippen molar-refractivity contribution < 1.29 is 9.18 Å². The van der Waals surface area contributed by atoms with Crippen LogP contribution in [0.25, 0.3) is 11.0 Å². The first kappa shape index (κ1) is 12.9. The first-order chi connectivity index (χ1) is 9.72. The van der Waals surface area contributed by atoms with E-state index in [0.29, 0.717) is 17.0 Å². The molecule has 1 aromatic heterocycles. The summed E-state index contributed by atoms with van der Waals surface area (Å²) in [6.07, 6.45) is 3.36. The molecule has 3 rings (SSSR count). The van der Waals surface area contributed by atoms with Crippen LogP contribution in [0.4, 0.5) is 10.3 Å². The number of aromatic nitrogens is 2. The molecule has 0 saturated carbocycles. The van der Waals surface area contributed by atoms with Gasteiger partial charge in [-0.25, -0.2) is 9.37 Å². The Morgan fingerprint density at radius 1 is 1.35 bits per heavy atom. The molecule has 6 heteroatoms. The highest BCUT2D eigenvalue weighted by molar-refractivity contribution is 5.82. The van der Waals surface area contributed by atoms with Crippen molar-refractivity contribution in [2.75, 3.05) is 25.0 Å². The third-order valence-corrected chi connectivity index (χ3v) is 3.56. The van der Waals surface area contributed by atoms with Gasteiger partial charge in [0, 0.05) is 13.1 Å². The highest BCUT2D eigenvalue weighted by Gasteiger charge is 2.16. The second-order valence-corrected chi connectivity index (χ2v) is 5.04. The summed E-state index contributed by atoms with van der Waals surface area (Å²) in [4.78, 5) is 21.1. The number of benzene rings is 1. The molecule has 1 amide bonds. The number of imidazole rings is 1. The normalized spacial score (nSPS) is 15.6. The van der Waals surface area contributed by atoms with Gasteiger partial charge in [-0.2, -0.15) is 0 Å². The van der Waals surface area contributed by atoms with Gasteiger partial charge in [-0.1, -0.05) is 0 Å². The molecule has 0 bridgehead atoms. The number of likely N-dealkylation sites (tertiary alicyclic amines) is 1. The number of nitrogens with one attached hydrogen (secondary N) is 2. The lowest BCUT2D eigenvalue weighted by Gasteiger charge is -2.26. The number of hydrogen-bond acceptors (Lipinski definition) is 3. The van der Waals surface area contributed by atoms with E-state index in [4.69, 9.17) is 0 Å². The molecule has 1 saturated heterocycles. The first-order valence-electron chi connectivity index (χ1n) is 6.89. The lowest BCUT2D eigenvalue weighted by molar-refractivity contribution is -0.130. The summed E-state index contributed by atoms with van der Waals surface area (Å²) in [5.74, 6) is 0.268. The zero-order valence-corrected chi connectivity index (χ0v) is 11.2. The Bertz CT molecular complexity index is 619. The largest absolute Gasteiger partial charge is 0.347 e. The number of aromatic amines is 1. The molecule has 5 nitrogen and oxygen atoms in total. The third-order valence-electron chi connectivity index (χ3n) is 3.56. The zero-order chi connectivity index (χ0) is 13.9.